The Morgan fingerprint density at radius 1 is 1.56 bits per heavy atom. The van der Waals surface area contributed by atoms with Crippen LogP contribution in [0.4, 0.5) is 4.79 Å². The fourth-order valence-corrected chi connectivity index (χ4v) is 1.49. The van der Waals surface area contributed by atoms with Gasteiger partial charge in [-0.2, -0.15) is 0 Å². The highest BCUT2D eigenvalue weighted by atomic mass is 79.9. The lowest BCUT2D eigenvalue weighted by atomic mass is 10.2. The summed E-state index contributed by atoms with van der Waals surface area (Å²) in [6.07, 6.45) is 1.03. The molecule has 0 bridgehead atoms. The van der Waals surface area contributed by atoms with Crippen LogP contribution >= 0.6 is 15.9 Å². The number of ether oxygens (including phenoxy) is 1. The summed E-state index contributed by atoms with van der Waals surface area (Å²) in [5.74, 6) is 0. The van der Waals surface area contributed by atoms with Crippen molar-refractivity contribution >= 4 is 22.0 Å². The third kappa shape index (κ3) is 5.01. The number of hydrogen-bond donors (Lipinski definition) is 2. The summed E-state index contributed by atoms with van der Waals surface area (Å²) in [6.45, 7) is 5.09. The van der Waals surface area contributed by atoms with Crippen LogP contribution in [0.2, 0.25) is 0 Å². The highest BCUT2D eigenvalue weighted by Crippen LogP contribution is 2.14. The number of nitrogens with zero attached hydrogens (tertiary/aromatic N) is 1. The van der Waals surface area contributed by atoms with Gasteiger partial charge in [0.25, 0.3) is 0 Å². The largest absolute Gasteiger partial charge is 0.444 e. The van der Waals surface area contributed by atoms with Gasteiger partial charge in [-0.05, 0) is 48.8 Å². The second-order valence-electron chi connectivity index (χ2n) is 4.78. The molecule has 1 amide bonds. The maximum Gasteiger partial charge on any atom is 0.408 e. The van der Waals surface area contributed by atoms with Crippen LogP contribution in [0.3, 0.4) is 0 Å². The summed E-state index contributed by atoms with van der Waals surface area (Å²) in [5, 5.41) is 11.8. The van der Waals surface area contributed by atoms with Crippen LogP contribution in [0.25, 0.3) is 0 Å². The van der Waals surface area contributed by atoms with Crippen molar-refractivity contribution in [2.75, 3.05) is 6.61 Å². The van der Waals surface area contributed by atoms with Gasteiger partial charge in [0.15, 0.2) is 0 Å². The Balaban J connectivity index is 2.68. The second-order valence-corrected chi connectivity index (χ2v) is 5.70. The molecular weight excluding hydrogens is 300 g/mol. The number of carbonyl (C=O) groups excluding carboxylic acids is 1. The summed E-state index contributed by atoms with van der Waals surface area (Å²) < 4.78 is 5.95. The van der Waals surface area contributed by atoms with Crippen molar-refractivity contribution in [2.24, 2.45) is 0 Å². The van der Waals surface area contributed by atoms with Gasteiger partial charge in [0.2, 0.25) is 0 Å². The first kappa shape index (κ1) is 14.9. The van der Waals surface area contributed by atoms with E-state index in [-0.39, 0.29) is 6.61 Å². The van der Waals surface area contributed by atoms with Gasteiger partial charge in [0.1, 0.15) is 5.60 Å². The smallest absolute Gasteiger partial charge is 0.408 e. The monoisotopic (exact) mass is 316 g/mol. The molecule has 0 aliphatic carbocycles. The average molecular weight is 317 g/mol. The van der Waals surface area contributed by atoms with E-state index in [1.165, 1.54) is 0 Å². The van der Waals surface area contributed by atoms with Crippen molar-refractivity contribution in [3.63, 3.8) is 0 Å². The van der Waals surface area contributed by atoms with E-state index >= 15 is 0 Å². The van der Waals surface area contributed by atoms with Crippen LogP contribution in [0.1, 0.15) is 32.5 Å². The zero-order valence-corrected chi connectivity index (χ0v) is 12.2. The summed E-state index contributed by atoms with van der Waals surface area (Å²) in [4.78, 5) is 15.7. The minimum Gasteiger partial charge on any atom is -0.444 e. The molecule has 0 aliphatic heterocycles. The first-order valence-electron chi connectivity index (χ1n) is 5.53. The second kappa shape index (κ2) is 6.15. The van der Waals surface area contributed by atoms with Gasteiger partial charge in [-0.1, -0.05) is 0 Å². The third-order valence-corrected chi connectivity index (χ3v) is 2.45. The van der Waals surface area contributed by atoms with Crippen molar-refractivity contribution in [2.45, 2.75) is 32.4 Å². The SMILES string of the molecule is CC(C)(C)OC(=O)N[C@@H](CO)c1ccc(Br)cn1. The summed E-state index contributed by atoms with van der Waals surface area (Å²) in [7, 11) is 0. The molecule has 18 heavy (non-hydrogen) atoms. The molecule has 0 unspecified atom stereocenters. The van der Waals surface area contributed by atoms with Gasteiger partial charge in [0, 0.05) is 10.7 Å². The molecule has 1 rings (SSSR count). The minimum absolute atomic E-state index is 0.242. The quantitative estimate of drug-likeness (QED) is 0.898. The van der Waals surface area contributed by atoms with Gasteiger partial charge in [0.05, 0.1) is 18.3 Å². The van der Waals surface area contributed by atoms with Gasteiger partial charge in [-0.25, -0.2) is 4.79 Å². The molecule has 0 spiro atoms. The first-order valence-corrected chi connectivity index (χ1v) is 6.33. The normalized spacial score (nSPS) is 12.9. The Morgan fingerprint density at radius 2 is 2.22 bits per heavy atom. The van der Waals surface area contributed by atoms with E-state index in [1.54, 1.807) is 39.1 Å². The number of hydrogen-bond acceptors (Lipinski definition) is 4. The Morgan fingerprint density at radius 3 is 2.67 bits per heavy atom. The van der Waals surface area contributed by atoms with Crippen molar-refractivity contribution < 1.29 is 14.6 Å². The Kier molecular flexibility index (Phi) is 5.10. The Bertz CT molecular complexity index is 401. The molecule has 0 aromatic carbocycles. The van der Waals surface area contributed by atoms with Crippen LogP contribution < -0.4 is 5.32 Å². The van der Waals surface area contributed by atoms with Gasteiger partial charge in [-0.15, -0.1) is 0 Å². The molecule has 6 heteroatoms. The van der Waals surface area contributed by atoms with Crippen LogP contribution in [0, 0.1) is 0 Å². The molecule has 1 aromatic rings. The van der Waals surface area contributed by atoms with E-state index in [9.17, 15) is 9.90 Å². The predicted octanol–water partition coefficient (Wildman–Crippen LogP) is 2.40. The predicted molar refractivity (Wildman–Crippen MR) is 71.1 cm³/mol. The number of aromatic nitrogens is 1. The maximum absolute atomic E-state index is 11.6. The molecule has 1 aromatic heterocycles. The molecule has 0 saturated carbocycles. The lowest BCUT2D eigenvalue weighted by Crippen LogP contribution is -2.36. The number of aliphatic hydroxyl groups is 1. The molecular formula is C12H17BrN2O3. The van der Waals surface area contributed by atoms with Gasteiger partial charge in [-0.3, -0.25) is 4.98 Å². The van der Waals surface area contributed by atoms with E-state index in [1.807, 2.05) is 0 Å². The highest BCUT2D eigenvalue weighted by Gasteiger charge is 2.20. The topological polar surface area (TPSA) is 71.5 Å². The standard InChI is InChI=1S/C12H17BrN2O3/c1-12(2,3)18-11(17)15-10(7-16)9-5-4-8(13)6-14-9/h4-6,10,16H,7H2,1-3H3,(H,15,17)/t10-/m0/s1. The lowest BCUT2D eigenvalue weighted by molar-refractivity contribution is 0.0480. The number of aliphatic hydroxyl groups excluding tert-OH is 1. The molecule has 1 heterocycles. The Labute approximate surface area is 115 Å². The zero-order valence-electron chi connectivity index (χ0n) is 10.6. The average Bonchev–Trinajstić information content (AvgIpc) is 2.25. The van der Waals surface area contributed by atoms with E-state index in [0.717, 1.165) is 4.47 Å². The number of carbonyl (C=O) groups is 1. The molecule has 1 atom stereocenters. The number of nitrogens with one attached hydrogen (secondary N) is 1. The van der Waals surface area contributed by atoms with E-state index in [2.05, 4.69) is 26.2 Å². The number of pyridine rings is 1. The van der Waals surface area contributed by atoms with Crippen molar-refractivity contribution in [3.8, 4) is 0 Å². The molecule has 0 fully saturated rings. The van der Waals surface area contributed by atoms with Gasteiger partial charge < -0.3 is 15.2 Å². The van der Waals surface area contributed by atoms with Crippen molar-refractivity contribution in [1.29, 1.82) is 0 Å². The van der Waals surface area contributed by atoms with Crippen LogP contribution in [0.5, 0.6) is 0 Å². The summed E-state index contributed by atoms with van der Waals surface area (Å²) in [5.41, 5.74) is 0.00333. The van der Waals surface area contributed by atoms with Crippen LogP contribution in [0.15, 0.2) is 22.8 Å². The van der Waals surface area contributed by atoms with Crippen LogP contribution in [-0.4, -0.2) is 28.4 Å². The van der Waals surface area contributed by atoms with E-state index in [0.29, 0.717) is 5.69 Å². The molecule has 2 N–H and O–H groups in total. The number of rotatable bonds is 3. The molecule has 0 saturated heterocycles. The minimum atomic E-state index is -0.578. The molecule has 0 aliphatic rings. The maximum atomic E-state index is 11.6. The van der Waals surface area contributed by atoms with Crippen molar-refractivity contribution in [3.05, 3.63) is 28.5 Å². The van der Waals surface area contributed by atoms with Crippen LogP contribution in [-0.2, 0) is 4.74 Å². The highest BCUT2D eigenvalue weighted by molar-refractivity contribution is 9.10. The lowest BCUT2D eigenvalue weighted by Gasteiger charge is -2.22. The van der Waals surface area contributed by atoms with Crippen molar-refractivity contribution in [1.82, 2.24) is 10.3 Å². The zero-order chi connectivity index (χ0) is 13.8. The van der Waals surface area contributed by atoms with Gasteiger partial charge >= 0.3 is 6.09 Å². The fourth-order valence-electron chi connectivity index (χ4n) is 1.26. The fraction of sp³-hybridized carbons (Fsp3) is 0.500. The third-order valence-electron chi connectivity index (χ3n) is 1.98. The summed E-state index contributed by atoms with van der Waals surface area (Å²) in [6, 6.07) is 2.94. The first-order chi connectivity index (χ1) is 8.31. The van der Waals surface area contributed by atoms with E-state index in [4.69, 9.17) is 4.74 Å². The Hall–Kier alpha value is -1.14. The van der Waals surface area contributed by atoms with E-state index < -0.39 is 17.7 Å². The molecule has 0 radical (unpaired) electrons. The molecule has 5 nitrogen and oxygen atoms in total. The number of halogens is 1. The number of amides is 1. The summed E-state index contributed by atoms with van der Waals surface area (Å²) >= 11 is 3.27. The number of alkyl carbamates (subject to hydrolysis) is 1. The molecule has 100 valence electrons.